The maximum Gasteiger partial charge on any atom is 0.329 e. The van der Waals surface area contributed by atoms with E-state index in [-0.39, 0.29) is 22.8 Å². The van der Waals surface area contributed by atoms with Gasteiger partial charge in [-0.3, -0.25) is 10.1 Å². The monoisotopic (exact) mass is 302 g/mol. The fourth-order valence-corrected chi connectivity index (χ4v) is 1.95. The quantitative estimate of drug-likeness (QED) is 0.354. The molecule has 20 heavy (non-hydrogen) atoms. The van der Waals surface area contributed by atoms with Crippen molar-refractivity contribution < 1.29 is 14.5 Å². The molecule has 1 aromatic heterocycles. The molecule has 0 saturated carbocycles. The summed E-state index contributed by atoms with van der Waals surface area (Å²) in [6.45, 7) is 5.13. The van der Waals surface area contributed by atoms with Gasteiger partial charge in [0.15, 0.2) is 0 Å². The highest BCUT2D eigenvalue weighted by Crippen LogP contribution is 2.29. The second kappa shape index (κ2) is 6.47. The molecule has 0 aliphatic heterocycles. The third-order valence-corrected chi connectivity index (χ3v) is 2.86. The van der Waals surface area contributed by atoms with Crippen LogP contribution < -0.4 is 4.90 Å². The number of methoxy groups -OCH3 is 1. The highest BCUT2D eigenvalue weighted by molar-refractivity contribution is 6.28. The van der Waals surface area contributed by atoms with Crippen LogP contribution in [0.25, 0.3) is 0 Å². The van der Waals surface area contributed by atoms with Gasteiger partial charge in [-0.2, -0.15) is 4.98 Å². The number of aromatic nitrogens is 2. The number of carbonyl (C=O) groups is 1. The van der Waals surface area contributed by atoms with Gasteiger partial charge in [0.05, 0.1) is 12.0 Å². The lowest BCUT2D eigenvalue weighted by Gasteiger charge is -2.31. The maximum absolute atomic E-state index is 11.7. The van der Waals surface area contributed by atoms with Crippen molar-refractivity contribution in [3.63, 3.8) is 0 Å². The predicted octanol–water partition coefficient (Wildman–Crippen LogP) is 1.81. The molecule has 9 heteroatoms. The molecule has 1 rings (SSSR count). The molecule has 0 unspecified atom stereocenters. The van der Waals surface area contributed by atoms with Gasteiger partial charge in [-0.25, -0.2) is 9.78 Å². The molecule has 0 fully saturated rings. The summed E-state index contributed by atoms with van der Waals surface area (Å²) in [4.78, 5) is 31.1. The third kappa shape index (κ3) is 3.32. The van der Waals surface area contributed by atoms with Crippen LogP contribution in [0.15, 0.2) is 6.20 Å². The average Bonchev–Trinajstić information content (AvgIpc) is 2.37. The molecule has 1 heterocycles. The zero-order chi connectivity index (χ0) is 15.4. The minimum Gasteiger partial charge on any atom is -0.467 e. The summed E-state index contributed by atoms with van der Waals surface area (Å²) in [5.41, 5.74) is -0.321. The molecule has 0 amide bonds. The fraction of sp³-hybridized carbons (Fsp3) is 0.545. The molecule has 0 aliphatic rings. The first-order valence-corrected chi connectivity index (χ1v) is 6.20. The van der Waals surface area contributed by atoms with Gasteiger partial charge >= 0.3 is 11.7 Å². The molecular formula is C11H15ClN4O4. The van der Waals surface area contributed by atoms with Crippen molar-refractivity contribution in [1.29, 1.82) is 0 Å². The van der Waals surface area contributed by atoms with E-state index in [1.54, 1.807) is 20.8 Å². The molecule has 0 radical (unpaired) electrons. The van der Waals surface area contributed by atoms with Crippen LogP contribution in [0.4, 0.5) is 11.5 Å². The van der Waals surface area contributed by atoms with E-state index in [9.17, 15) is 14.9 Å². The van der Waals surface area contributed by atoms with Gasteiger partial charge in [0.25, 0.3) is 0 Å². The lowest BCUT2D eigenvalue weighted by molar-refractivity contribution is -0.384. The number of esters is 1. The van der Waals surface area contributed by atoms with Crippen molar-refractivity contribution in [2.75, 3.05) is 12.0 Å². The van der Waals surface area contributed by atoms with Crippen LogP contribution >= 0.6 is 11.6 Å². The number of hydrogen-bond acceptors (Lipinski definition) is 7. The predicted molar refractivity (Wildman–Crippen MR) is 72.8 cm³/mol. The van der Waals surface area contributed by atoms with Crippen LogP contribution in [0.3, 0.4) is 0 Å². The Morgan fingerprint density at radius 3 is 2.55 bits per heavy atom. The maximum atomic E-state index is 11.7. The molecule has 0 aromatic carbocycles. The first kappa shape index (κ1) is 16.1. The largest absolute Gasteiger partial charge is 0.467 e. The summed E-state index contributed by atoms with van der Waals surface area (Å²) >= 11 is 5.70. The van der Waals surface area contributed by atoms with Gasteiger partial charge in [0.2, 0.25) is 11.1 Å². The number of halogens is 1. The SMILES string of the molecule is COC(=O)[C@@H](C)N(c1nc(Cl)ncc1[N+](=O)[O-])C(C)C. The topological polar surface area (TPSA) is 98.5 Å². The molecule has 1 aromatic rings. The minimum atomic E-state index is -0.746. The van der Waals surface area contributed by atoms with Gasteiger partial charge in [0, 0.05) is 6.04 Å². The van der Waals surface area contributed by atoms with Crippen molar-refractivity contribution in [2.24, 2.45) is 0 Å². The fourth-order valence-electron chi connectivity index (χ4n) is 1.82. The summed E-state index contributed by atoms with van der Waals surface area (Å²) in [5, 5.41) is 10.9. The molecule has 0 saturated heterocycles. The van der Waals surface area contributed by atoms with Gasteiger partial charge < -0.3 is 9.64 Å². The molecule has 0 aliphatic carbocycles. The Morgan fingerprint density at radius 2 is 2.10 bits per heavy atom. The molecular weight excluding hydrogens is 288 g/mol. The van der Waals surface area contributed by atoms with Crippen LogP contribution in [-0.2, 0) is 9.53 Å². The number of nitrogens with zero attached hydrogens (tertiary/aromatic N) is 4. The molecule has 110 valence electrons. The molecule has 0 spiro atoms. The van der Waals surface area contributed by atoms with E-state index in [1.165, 1.54) is 12.0 Å². The Labute approximate surface area is 120 Å². The van der Waals surface area contributed by atoms with E-state index in [4.69, 9.17) is 11.6 Å². The lowest BCUT2D eigenvalue weighted by atomic mass is 10.2. The second-order valence-electron chi connectivity index (χ2n) is 4.31. The third-order valence-electron chi connectivity index (χ3n) is 2.68. The van der Waals surface area contributed by atoms with E-state index in [2.05, 4.69) is 14.7 Å². The number of nitro groups is 1. The van der Waals surface area contributed by atoms with E-state index in [0.29, 0.717) is 0 Å². The van der Waals surface area contributed by atoms with Crippen LogP contribution in [-0.4, -0.2) is 40.1 Å². The summed E-state index contributed by atoms with van der Waals surface area (Å²) in [7, 11) is 1.25. The Hall–Kier alpha value is -1.96. The minimum absolute atomic E-state index is 0.0112. The van der Waals surface area contributed by atoms with Crippen molar-refractivity contribution in [1.82, 2.24) is 9.97 Å². The molecule has 0 N–H and O–H groups in total. The highest BCUT2D eigenvalue weighted by atomic mass is 35.5. The van der Waals surface area contributed by atoms with Gasteiger partial charge in [-0.1, -0.05) is 0 Å². The normalized spacial score (nSPS) is 12.1. The van der Waals surface area contributed by atoms with E-state index >= 15 is 0 Å². The molecule has 8 nitrogen and oxygen atoms in total. The van der Waals surface area contributed by atoms with Gasteiger partial charge in [0.1, 0.15) is 12.2 Å². The zero-order valence-electron chi connectivity index (χ0n) is 11.5. The number of ether oxygens (including phenoxy) is 1. The Balaban J connectivity index is 3.38. The highest BCUT2D eigenvalue weighted by Gasteiger charge is 2.32. The van der Waals surface area contributed by atoms with Crippen LogP contribution in [0, 0.1) is 10.1 Å². The zero-order valence-corrected chi connectivity index (χ0v) is 12.3. The van der Waals surface area contributed by atoms with E-state index in [1.807, 2.05) is 0 Å². The van der Waals surface area contributed by atoms with Crippen molar-refractivity contribution >= 4 is 29.1 Å². The van der Waals surface area contributed by atoms with Crippen molar-refractivity contribution in [3.8, 4) is 0 Å². The van der Waals surface area contributed by atoms with Gasteiger partial charge in [-0.05, 0) is 32.4 Å². The molecule has 0 bridgehead atoms. The van der Waals surface area contributed by atoms with E-state index in [0.717, 1.165) is 6.20 Å². The summed E-state index contributed by atoms with van der Waals surface area (Å²) in [6.07, 6.45) is 1.02. The first-order valence-electron chi connectivity index (χ1n) is 5.82. The molecule has 1 atom stereocenters. The number of rotatable bonds is 5. The summed E-state index contributed by atoms with van der Waals surface area (Å²) in [5.74, 6) is -0.536. The number of anilines is 1. The van der Waals surface area contributed by atoms with Crippen molar-refractivity contribution in [2.45, 2.75) is 32.9 Å². The summed E-state index contributed by atoms with van der Waals surface area (Å²) in [6, 6.07) is -0.974. The standard InChI is InChI=1S/C11H15ClN4O4/c1-6(2)15(7(3)10(17)20-4)9-8(16(18)19)5-13-11(12)14-9/h5-7H,1-4H3/t7-/m1/s1. The smallest absolute Gasteiger partial charge is 0.329 e. The lowest BCUT2D eigenvalue weighted by Crippen LogP contribution is -2.45. The Morgan fingerprint density at radius 1 is 1.50 bits per heavy atom. The van der Waals surface area contributed by atoms with Crippen LogP contribution in [0.1, 0.15) is 20.8 Å². The summed E-state index contributed by atoms with van der Waals surface area (Å²) < 4.78 is 4.67. The second-order valence-corrected chi connectivity index (χ2v) is 4.64. The Kier molecular flexibility index (Phi) is 5.20. The van der Waals surface area contributed by atoms with Crippen molar-refractivity contribution in [3.05, 3.63) is 21.6 Å². The van der Waals surface area contributed by atoms with Crippen LogP contribution in [0.2, 0.25) is 5.28 Å². The van der Waals surface area contributed by atoms with Crippen LogP contribution in [0.5, 0.6) is 0 Å². The average molecular weight is 303 g/mol. The Bertz CT molecular complexity index is 523. The number of hydrogen-bond donors (Lipinski definition) is 0. The first-order chi connectivity index (χ1) is 9.29. The number of carbonyl (C=O) groups excluding carboxylic acids is 1. The van der Waals surface area contributed by atoms with Gasteiger partial charge in [-0.15, -0.1) is 0 Å². The van der Waals surface area contributed by atoms with E-state index < -0.39 is 16.9 Å².